The van der Waals surface area contributed by atoms with Crippen LogP contribution in [0.5, 0.6) is 0 Å². The quantitative estimate of drug-likeness (QED) is 0.712. The van der Waals surface area contributed by atoms with Crippen LogP contribution in [0.2, 0.25) is 0 Å². The molecule has 6 nitrogen and oxygen atoms in total. The van der Waals surface area contributed by atoms with Crippen molar-refractivity contribution in [3.63, 3.8) is 0 Å². The fraction of sp³-hybridized carbons (Fsp3) is 0.105. The number of carbonyl (C=O) groups is 1. The molecule has 0 aliphatic rings. The Labute approximate surface area is 151 Å². The largest absolute Gasteiger partial charge is 0.459 e. The third-order valence-corrected chi connectivity index (χ3v) is 5.18. The molecule has 0 aliphatic heterocycles. The third kappa shape index (κ3) is 3.94. The van der Waals surface area contributed by atoms with Crippen molar-refractivity contribution in [2.45, 2.75) is 18.7 Å². The molecular formula is C19H18N2O4S. The van der Waals surface area contributed by atoms with Gasteiger partial charge < -0.3 is 9.73 Å². The first kappa shape index (κ1) is 17.8. The van der Waals surface area contributed by atoms with Gasteiger partial charge in [0.05, 0.1) is 16.8 Å². The molecule has 3 rings (SSSR count). The van der Waals surface area contributed by atoms with E-state index in [1.165, 1.54) is 30.5 Å². The lowest BCUT2D eigenvalue weighted by Crippen LogP contribution is -2.14. The molecule has 2 aromatic carbocycles. The summed E-state index contributed by atoms with van der Waals surface area (Å²) in [5, 5.41) is 2.64. The number of benzene rings is 2. The molecule has 0 aliphatic carbocycles. The van der Waals surface area contributed by atoms with Gasteiger partial charge in [0, 0.05) is 5.69 Å². The van der Waals surface area contributed by atoms with E-state index in [0.717, 1.165) is 11.1 Å². The second kappa shape index (κ2) is 7.05. The van der Waals surface area contributed by atoms with Gasteiger partial charge in [0.25, 0.3) is 15.9 Å². The van der Waals surface area contributed by atoms with Crippen LogP contribution < -0.4 is 10.0 Å². The molecule has 0 radical (unpaired) electrons. The number of amides is 1. The van der Waals surface area contributed by atoms with Crippen LogP contribution in [-0.2, 0) is 10.0 Å². The van der Waals surface area contributed by atoms with Crippen LogP contribution >= 0.6 is 0 Å². The third-order valence-electron chi connectivity index (χ3n) is 3.79. The van der Waals surface area contributed by atoms with Crippen LogP contribution in [0.1, 0.15) is 21.7 Å². The highest BCUT2D eigenvalue weighted by Gasteiger charge is 2.16. The van der Waals surface area contributed by atoms with E-state index in [4.69, 9.17) is 4.42 Å². The summed E-state index contributed by atoms with van der Waals surface area (Å²) in [5.74, 6) is -0.225. The van der Waals surface area contributed by atoms with Gasteiger partial charge >= 0.3 is 0 Å². The van der Waals surface area contributed by atoms with Gasteiger partial charge in [-0.05, 0) is 61.9 Å². The van der Waals surface area contributed by atoms with E-state index in [0.29, 0.717) is 11.4 Å². The number of furan rings is 1. The fourth-order valence-electron chi connectivity index (χ4n) is 2.45. The van der Waals surface area contributed by atoms with Crippen molar-refractivity contribution in [2.75, 3.05) is 10.0 Å². The summed E-state index contributed by atoms with van der Waals surface area (Å²) >= 11 is 0. The van der Waals surface area contributed by atoms with E-state index in [-0.39, 0.29) is 10.7 Å². The second-order valence-corrected chi connectivity index (χ2v) is 7.56. The van der Waals surface area contributed by atoms with E-state index >= 15 is 0 Å². The summed E-state index contributed by atoms with van der Waals surface area (Å²) < 4.78 is 32.7. The van der Waals surface area contributed by atoms with Crippen LogP contribution in [0.25, 0.3) is 0 Å². The average molecular weight is 370 g/mol. The van der Waals surface area contributed by atoms with Gasteiger partial charge in [-0.1, -0.05) is 17.7 Å². The first-order chi connectivity index (χ1) is 12.3. The fourth-order valence-corrected chi connectivity index (χ4v) is 3.58. The monoisotopic (exact) mass is 370 g/mol. The summed E-state index contributed by atoms with van der Waals surface area (Å²) in [6.45, 7) is 3.79. The van der Waals surface area contributed by atoms with Gasteiger partial charge in [-0.25, -0.2) is 8.42 Å². The lowest BCUT2D eigenvalue weighted by Gasteiger charge is -2.12. The predicted molar refractivity (Wildman–Crippen MR) is 99.8 cm³/mol. The van der Waals surface area contributed by atoms with Gasteiger partial charge in [-0.2, -0.15) is 0 Å². The Kier molecular flexibility index (Phi) is 4.81. The highest BCUT2D eigenvalue weighted by atomic mass is 32.2. The van der Waals surface area contributed by atoms with Crippen molar-refractivity contribution in [1.82, 2.24) is 0 Å². The van der Waals surface area contributed by atoms with Gasteiger partial charge in [0.1, 0.15) is 0 Å². The number of hydrogen-bond donors (Lipinski definition) is 2. The van der Waals surface area contributed by atoms with E-state index in [1.54, 1.807) is 18.2 Å². The molecule has 0 saturated carbocycles. The van der Waals surface area contributed by atoms with Crippen LogP contribution in [0.15, 0.2) is 70.2 Å². The zero-order valence-electron chi connectivity index (χ0n) is 14.3. The topological polar surface area (TPSA) is 88.4 Å². The average Bonchev–Trinajstić information content (AvgIpc) is 3.13. The Morgan fingerprint density at radius 2 is 1.73 bits per heavy atom. The molecule has 2 N–H and O–H groups in total. The molecule has 0 fully saturated rings. The molecule has 0 unspecified atom stereocenters. The molecule has 3 aromatic rings. The number of nitrogens with one attached hydrogen (secondary N) is 2. The molecule has 0 spiro atoms. The molecule has 134 valence electrons. The maximum atomic E-state index is 12.5. The van der Waals surface area contributed by atoms with E-state index in [1.807, 2.05) is 26.0 Å². The zero-order valence-corrected chi connectivity index (χ0v) is 15.1. The summed E-state index contributed by atoms with van der Waals surface area (Å²) in [4.78, 5) is 12.0. The lowest BCUT2D eigenvalue weighted by molar-refractivity contribution is 0.0996. The summed E-state index contributed by atoms with van der Waals surface area (Å²) in [6, 6.07) is 14.6. The zero-order chi connectivity index (χ0) is 18.7. The van der Waals surface area contributed by atoms with Gasteiger partial charge in [0.15, 0.2) is 5.76 Å². The van der Waals surface area contributed by atoms with Crippen molar-refractivity contribution in [3.8, 4) is 0 Å². The standard InChI is InChI=1S/C19H18N2O4S/c1-13-5-10-17(14(2)12-13)21-26(23,24)16-8-6-15(7-9-16)20-19(22)18-4-3-11-25-18/h3-12,21H,1-2H3,(H,20,22). The number of hydrogen-bond acceptors (Lipinski definition) is 4. The normalized spacial score (nSPS) is 11.2. The molecule has 26 heavy (non-hydrogen) atoms. The number of rotatable bonds is 5. The molecule has 0 atom stereocenters. The first-order valence-corrected chi connectivity index (χ1v) is 9.38. The maximum Gasteiger partial charge on any atom is 0.291 e. The minimum Gasteiger partial charge on any atom is -0.459 e. The van der Waals surface area contributed by atoms with Crippen molar-refractivity contribution < 1.29 is 17.6 Å². The second-order valence-electron chi connectivity index (χ2n) is 5.88. The molecule has 1 aromatic heterocycles. The highest BCUT2D eigenvalue weighted by molar-refractivity contribution is 7.92. The smallest absolute Gasteiger partial charge is 0.291 e. The SMILES string of the molecule is Cc1ccc(NS(=O)(=O)c2ccc(NC(=O)c3ccco3)cc2)c(C)c1. The van der Waals surface area contributed by atoms with E-state index in [9.17, 15) is 13.2 Å². The van der Waals surface area contributed by atoms with Crippen LogP contribution in [-0.4, -0.2) is 14.3 Å². The van der Waals surface area contributed by atoms with Crippen LogP contribution in [0.4, 0.5) is 11.4 Å². The number of sulfonamides is 1. The highest BCUT2D eigenvalue weighted by Crippen LogP contribution is 2.22. The molecule has 0 saturated heterocycles. The molecule has 1 heterocycles. The van der Waals surface area contributed by atoms with Crippen LogP contribution in [0.3, 0.4) is 0 Å². The number of anilines is 2. The minimum atomic E-state index is -3.72. The van der Waals surface area contributed by atoms with E-state index < -0.39 is 15.9 Å². The lowest BCUT2D eigenvalue weighted by atomic mass is 10.1. The Morgan fingerprint density at radius 3 is 2.35 bits per heavy atom. The number of carbonyl (C=O) groups excluding carboxylic acids is 1. The summed E-state index contributed by atoms with van der Waals surface area (Å²) in [6.07, 6.45) is 1.41. The molecular weight excluding hydrogens is 352 g/mol. The van der Waals surface area contributed by atoms with Crippen molar-refractivity contribution in [3.05, 3.63) is 77.7 Å². The van der Waals surface area contributed by atoms with Gasteiger partial charge in [0.2, 0.25) is 0 Å². The predicted octanol–water partition coefficient (Wildman–Crippen LogP) is 3.95. The Morgan fingerprint density at radius 1 is 1.00 bits per heavy atom. The van der Waals surface area contributed by atoms with Crippen LogP contribution in [0, 0.1) is 13.8 Å². The maximum absolute atomic E-state index is 12.5. The minimum absolute atomic E-state index is 0.105. The first-order valence-electron chi connectivity index (χ1n) is 7.90. The van der Waals surface area contributed by atoms with Gasteiger partial charge in [-0.3, -0.25) is 9.52 Å². The summed E-state index contributed by atoms with van der Waals surface area (Å²) in [7, 11) is -3.72. The summed E-state index contributed by atoms with van der Waals surface area (Å²) in [5.41, 5.74) is 2.90. The Hall–Kier alpha value is -3.06. The molecule has 0 bridgehead atoms. The Balaban J connectivity index is 1.75. The van der Waals surface area contributed by atoms with Crippen molar-refractivity contribution in [2.24, 2.45) is 0 Å². The molecule has 7 heteroatoms. The molecule has 1 amide bonds. The Bertz CT molecular complexity index is 1020. The van der Waals surface area contributed by atoms with Crippen molar-refractivity contribution in [1.29, 1.82) is 0 Å². The van der Waals surface area contributed by atoms with Crippen molar-refractivity contribution >= 4 is 27.3 Å². The van der Waals surface area contributed by atoms with Gasteiger partial charge in [-0.15, -0.1) is 0 Å². The number of aryl methyl sites for hydroxylation is 2. The van der Waals surface area contributed by atoms with E-state index in [2.05, 4.69) is 10.0 Å².